The molecule has 0 unspecified atom stereocenters. The number of carbonyl (C=O) groups excluding carboxylic acids is 1. The van der Waals surface area contributed by atoms with Crippen molar-refractivity contribution in [3.05, 3.63) is 35.4 Å². The molecule has 0 radical (unpaired) electrons. The minimum absolute atomic E-state index is 0.282. The molecule has 1 rings (SSSR count). The van der Waals surface area contributed by atoms with E-state index in [1.807, 2.05) is 0 Å². The lowest BCUT2D eigenvalue weighted by molar-refractivity contribution is -0.118. The summed E-state index contributed by atoms with van der Waals surface area (Å²) in [5.41, 5.74) is 2.42. The van der Waals surface area contributed by atoms with Gasteiger partial charge in [-0.25, -0.2) is 0 Å². The molecule has 0 aliphatic carbocycles. The first-order valence-electron chi connectivity index (χ1n) is 9.25. The van der Waals surface area contributed by atoms with Gasteiger partial charge in [0.15, 0.2) is 0 Å². The fourth-order valence-corrected chi connectivity index (χ4v) is 2.35. The highest BCUT2D eigenvalue weighted by atomic mass is 16.5. The van der Waals surface area contributed by atoms with E-state index in [4.69, 9.17) is 9.47 Å². The van der Waals surface area contributed by atoms with E-state index in [0.717, 1.165) is 25.0 Å². The summed E-state index contributed by atoms with van der Waals surface area (Å²) >= 11 is 0. The molecule has 3 nitrogen and oxygen atoms in total. The summed E-state index contributed by atoms with van der Waals surface area (Å²) in [5.74, 6) is 1.49. The Balaban J connectivity index is 2.04. The van der Waals surface area contributed by atoms with Gasteiger partial charge in [-0.15, -0.1) is 0 Å². The molecule has 0 aliphatic rings. The van der Waals surface area contributed by atoms with E-state index in [9.17, 15) is 4.79 Å². The zero-order valence-corrected chi connectivity index (χ0v) is 15.8. The number of ether oxygens (including phenoxy) is 2. The zero-order chi connectivity index (χ0) is 17.8. The Morgan fingerprint density at radius 3 is 2.12 bits per heavy atom. The third kappa shape index (κ3) is 9.84. The summed E-state index contributed by atoms with van der Waals surface area (Å²) in [6, 6.07) is 8.38. The molecule has 0 N–H and O–H groups in total. The van der Waals surface area contributed by atoms with E-state index in [1.165, 1.54) is 5.56 Å². The Labute approximate surface area is 147 Å². The van der Waals surface area contributed by atoms with Crippen LogP contribution in [0.25, 0.3) is 0 Å². The number of rotatable bonds is 13. The molecule has 136 valence electrons. The maximum absolute atomic E-state index is 12.0. The highest BCUT2D eigenvalue weighted by Gasteiger charge is 2.05. The van der Waals surface area contributed by atoms with Gasteiger partial charge in [-0.2, -0.15) is 0 Å². The van der Waals surface area contributed by atoms with Crippen molar-refractivity contribution in [3.63, 3.8) is 0 Å². The summed E-state index contributed by atoms with van der Waals surface area (Å²) in [7, 11) is 0. The lowest BCUT2D eigenvalue weighted by Gasteiger charge is -2.08. The predicted molar refractivity (Wildman–Crippen MR) is 99.6 cm³/mol. The first-order valence-corrected chi connectivity index (χ1v) is 9.25. The van der Waals surface area contributed by atoms with Crippen LogP contribution in [0, 0.1) is 5.92 Å². The van der Waals surface area contributed by atoms with Gasteiger partial charge in [0.2, 0.25) is 0 Å². The third-order valence-corrected chi connectivity index (χ3v) is 4.00. The quantitative estimate of drug-likeness (QED) is 0.487. The summed E-state index contributed by atoms with van der Waals surface area (Å²) in [6.07, 6.45) is 2.98. The Bertz CT molecular complexity index is 449. The summed E-state index contributed by atoms with van der Waals surface area (Å²) in [6.45, 7) is 11.4. The molecule has 0 saturated carbocycles. The second-order valence-electron chi connectivity index (χ2n) is 7.12. The number of hydrogen-bond acceptors (Lipinski definition) is 3. The highest BCUT2D eigenvalue weighted by molar-refractivity contribution is 5.80. The molecular weight excluding hydrogens is 300 g/mol. The van der Waals surface area contributed by atoms with Gasteiger partial charge in [0.05, 0.1) is 13.2 Å². The van der Waals surface area contributed by atoms with E-state index in [0.29, 0.717) is 44.5 Å². The predicted octanol–water partition coefficient (Wildman–Crippen LogP) is 4.78. The molecule has 0 atom stereocenters. The second-order valence-corrected chi connectivity index (χ2v) is 7.12. The van der Waals surface area contributed by atoms with Crippen LogP contribution in [-0.2, 0) is 20.7 Å². The second kappa shape index (κ2) is 12.2. The van der Waals surface area contributed by atoms with Crippen LogP contribution in [0.4, 0.5) is 0 Å². The molecule has 0 aliphatic heterocycles. The van der Waals surface area contributed by atoms with E-state index < -0.39 is 0 Å². The minimum Gasteiger partial charge on any atom is -0.379 e. The van der Waals surface area contributed by atoms with Gasteiger partial charge in [0, 0.05) is 26.1 Å². The van der Waals surface area contributed by atoms with Crippen molar-refractivity contribution in [3.8, 4) is 0 Å². The average Bonchev–Trinajstić information content (AvgIpc) is 2.53. The number of hydrogen-bond donors (Lipinski definition) is 0. The SMILES string of the molecule is CC(C)CCOCCOCCCC(=O)Cc1ccc(C(C)C)cc1. The van der Waals surface area contributed by atoms with Crippen LogP contribution in [0.2, 0.25) is 0 Å². The topological polar surface area (TPSA) is 35.5 Å². The first kappa shape index (κ1) is 20.9. The van der Waals surface area contributed by atoms with Crippen LogP contribution in [0.3, 0.4) is 0 Å². The average molecular weight is 334 g/mol. The molecule has 1 aromatic carbocycles. The monoisotopic (exact) mass is 334 g/mol. The number of benzene rings is 1. The van der Waals surface area contributed by atoms with Crippen LogP contribution in [0.5, 0.6) is 0 Å². The van der Waals surface area contributed by atoms with E-state index in [-0.39, 0.29) is 5.78 Å². The van der Waals surface area contributed by atoms with Crippen molar-refractivity contribution < 1.29 is 14.3 Å². The molecule has 0 fully saturated rings. The van der Waals surface area contributed by atoms with Crippen molar-refractivity contribution >= 4 is 5.78 Å². The Kier molecular flexibility index (Phi) is 10.6. The van der Waals surface area contributed by atoms with Gasteiger partial charge in [0.25, 0.3) is 0 Å². The first-order chi connectivity index (χ1) is 11.5. The molecule has 0 amide bonds. The van der Waals surface area contributed by atoms with Crippen LogP contribution in [0.1, 0.15) is 64.0 Å². The fraction of sp³-hybridized carbons (Fsp3) is 0.667. The van der Waals surface area contributed by atoms with Gasteiger partial charge in [-0.05, 0) is 35.8 Å². The summed E-state index contributed by atoms with van der Waals surface area (Å²) < 4.78 is 11.0. The smallest absolute Gasteiger partial charge is 0.137 e. The molecule has 1 aromatic rings. The summed E-state index contributed by atoms with van der Waals surface area (Å²) in [5, 5.41) is 0. The lowest BCUT2D eigenvalue weighted by atomic mass is 9.99. The number of ketones is 1. The van der Waals surface area contributed by atoms with E-state index in [2.05, 4.69) is 52.0 Å². The molecular formula is C21H34O3. The largest absolute Gasteiger partial charge is 0.379 e. The van der Waals surface area contributed by atoms with Crippen molar-refractivity contribution in [2.24, 2.45) is 5.92 Å². The van der Waals surface area contributed by atoms with Gasteiger partial charge in [0.1, 0.15) is 5.78 Å². The van der Waals surface area contributed by atoms with Crippen molar-refractivity contribution in [2.75, 3.05) is 26.4 Å². The number of carbonyl (C=O) groups is 1. The number of Topliss-reactive ketones (excluding diaryl/α,β-unsaturated/α-hetero) is 1. The minimum atomic E-state index is 0.282. The zero-order valence-electron chi connectivity index (χ0n) is 15.8. The molecule has 0 aromatic heterocycles. The standard InChI is InChI=1S/C21H34O3/c1-17(2)11-13-24-15-14-23-12-5-6-21(22)16-19-7-9-20(10-8-19)18(3)4/h7-10,17-18H,5-6,11-16H2,1-4H3. The molecule has 0 heterocycles. The Morgan fingerprint density at radius 2 is 1.54 bits per heavy atom. The van der Waals surface area contributed by atoms with Crippen molar-refractivity contribution in [2.45, 2.75) is 59.3 Å². The maximum atomic E-state index is 12.0. The highest BCUT2D eigenvalue weighted by Crippen LogP contribution is 2.15. The van der Waals surface area contributed by atoms with Crippen molar-refractivity contribution in [1.82, 2.24) is 0 Å². The van der Waals surface area contributed by atoms with Gasteiger partial charge in [-0.3, -0.25) is 4.79 Å². The van der Waals surface area contributed by atoms with Crippen molar-refractivity contribution in [1.29, 1.82) is 0 Å². The molecule has 3 heteroatoms. The van der Waals surface area contributed by atoms with Crippen LogP contribution < -0.4 is 0 Å². The Hall–Kier alpha value is -1.19. The maximum Gasteiger partial charge on any atom is 0.137 e. The van der Waals surface area contributed by atoms with Gasteiger partial charge in [-0.1, -0.05) is 52.0 Å². The fourth-order valence-electron chi connectivity index (χ4n) is 2.35. The Morgan fingerprint density at radius 1 is 0.917 bits per heavy atom. The van der Waals surface area contributed by atoms with E-state index >= 15 is 0 Å². The van der Waals surface area contributed by atoms with E-state index in [1.54, 1.807) is 0 Å². The molecule has 0 spiro atoms. The normalized spacial score (nSPS) is 11.4. The molecule has 0 bridgehead atoms. The third-order valence-electron chi connectivity index (χ3n) is 4.00. The summed E-state index contributed by atoms with van der Waals surface area (Å²) in [4.78, 5) is 12.0. The molecule has 0 saturated heterocycles. The van der Waals surface area contributed by atoms with Crippen LogP contribution in [-0.4, -0.2) is 32.2 Å². The van der Waals surface area contributed by atoms with Gasteiger partial charge >= 0.3 is 0 Å². The van der Waals surface area contributed by atoms with Gasteiger partial charge < -0.3 is 9.47 Å². The lowest BCUT2D eigenvalue weighted by Crippen LogP contribution is -2.09. The van der Waals surface area contributed by atoms with Crippen LogP contribution in [0.15, 0.2) is 24.3 Å². The van der Waals surface area contributed by atoms with Crippen LogP contribution >= 0.6 is 0 Å². The molecule has 24 heavy (non-hydrogen) atoms.